The van der Waals surface area contributed by atoms with Gasteiger partial charge in [-0.3, -0.25) is 4.79 Å². The standard InChI is InChI=1S/C22H19Cl2NO4S/c23-19-8-6-16(12-20(19)24)21-9-7-18(29-21)13-25(17-10-11-30(27,28)14-17)22(26)15-4-2-1-3-5-15/h1-9,12,17H,10-11,13-14H2/t17-/m1/s1. The van der Waals surface area contributed by atoms with E-state index in [4.69, 9.17) is 27.6 Å². The number of nitrogens with zero attached hydrogens (tertiary/aromatic N) is 1. The minimum absolute atomic E-state index is 0.0358. The second-order valence-electron chi connectivity index (χ2n) is 7.25. The molecule has 8 heteroatoms. The number of hydrogen-bond acceptors (Lipinski definition) is 4. The third-order valence-electron chi connectivity index (χ3n) is 5.12. The first kappa shape index (κ1) is 21.0. The lowest BCUT2D eigenvalue weighted by Crippen LogP contribution is -2.40. The Kier molecular flexibility index (Phi) is 5.91. The first-order valence-corrected chi connectivity index (χ1v) is 12.0. The second kappa shape index (κ2) is 8.46. The number of benzene rings is 2. The van der Waals surface area contributed by atoms with E-state index in [1.54, 1.807) is 59.5 Å². The molecular weight excluding hydrogens is 445 g/mol. The molecular formula is C22H19Cl2NO4S. The monoisotopic (exact) mass is 463 g/mol. The number of carbonyl (C=O) groups is 1. The minimum Gasteiger partial charge on any atom is -0.459 e. The molecule has 1 saturated heterocycles. The highest BCUT2D eigenvalue weighted by atomic mass is 35.5. The average molecular weight is 464 g/mol. The van der Waals surface area contributed by atoms with Gasteiger partial charge in [-0.2, -0.15) is 0 Å². The van der Waals surface area contributed by atoms with E-state index in [0.717, 1.165) is 5.56 Å². The topological polar surface area (TPSA) is 67.6 Å². The number of hydrogen-bond donors (Lipinski definition) is 0. The van der Waals surface area contributed by atoms with Crippen molar-refractivity contribution in [1.82, 2.24) is 4.90 Å². The van der Waals surface area contributed by atoms with Crippen molar-refractivity contribution < 1.29 is 17.6 Å². The van der Waals surface area contributed by atoms with Crippen molar-refractivity contribution in [2.75, 3.05) is 11.5 Å². The number of furan rings is 1. The van der Waals surface area contributed by atoms with Crippen molar-refractivity contribution in [2.45, 2.75) is 19.0 Å². The van der Waals surface area contributed by atoms with Crippen molar-refractivity contribution in [1.29, 1.82) is 0 Å². The Morgan fingerprint density at radius 1 is 1.03 bits per heavy atom. The Balaban J connectivity index is 1.61. The van der Waals surface area contributed by atoms with E-state index < -0.39 is 9.84 Å². The zero-order valence-corrected chi connectivity index (χ0v) is 18.3. The highest BCUT2D eigenvalue weighted by Crippen LogP contribution is 2.30. The zero-order valence-electron chi connectivity index (χ0n) is 15.9. The van der Waals surface area contributed by atoms with Gasteiger partial charge < -0.3 is 9.32 Å². The predicted molar refractivity (Wildman–Crippen MR) is 118 cm³/mol. The number of rotatable bonds is 5. The van der Waals surface area contributed by atoms with Gasteiger partial charge in [0.2, 0.25) is 0 Å². The molecule has 0 saturated carbocycles. The summed E-state index contributed by atoms with van der Waals surface area (Å²) in [6.45, 7) is 0.176. The lowest BCUT2D eigenvalue weighted by atomic mass is 10.1. The Bertz CT molecular complexity index is 1170. The number of amides is 1. The van der Waals surface area contributed by atoms with Gasteiger partial charge in [0.1, 0.15) is 11.5 Å². The van der Waals surface area contributed by atoms with E-state index in [1.165, 1.54) is 0 Å². The molecule has 1 fully saturated rings. The van der Waals surface area contributed by atoms with Crippen LogP contribution in [0.15, 0.2) is 65.1 Å². The normalized spacial score (nSPS) is 17.7. The first-order valence-electron chi connectivity index (χ1n) is 9.43. The summed E-state index contributed by atoms with van der Waals surface area (Å²) in [5.74, 6) is 0.985. The van der Waals surface area contributed by atoms with E-state index in [-0.39, 0.29) is 30.0 Å². The summed E-state index contributed by atoms with van der Waals surface area (Å²) in [5, 5.41) is 0.874. The van der Waals surface area contributed by atoms with Crippen LogP contribution in [0, 0.1) is 0 Å². The first-order chi connectivity index (χ1) is 14.3. The molecule has 0 bridgehead atoms. The summed E-state index contributed by atoms with van der Waals surface area (Å²) in [4.78, 5) is 14.8. The summed E-state index contributed by atoms with van der Waals surface area (Å²) in [7, 11) is -3.15. The third kappa shape index (κ3) is 4.56. The van der Waals surface area contributed by atoms with Crippen LogP contribution in [0.2, 0.25) is 10.0 Å². The van der Waals surface area contributed by atoms with E-state index in [2.05, 4.69) is 0 Å². The van der Waals surface area contributed by atoms with Crippen molar-refractivity contribution in [3.05, 3.63) is 82.0 Å². The van der Waals surface area contributed by atoms with Crippen molar-refractivity contribution in [3.8, 4) is 11.3 Å². The number of halogens is 2. The van der Waals surface area contributed by atoms with Crippen LogP contribution >= 0.6 is 23.2 Å². The summed E-state index contributed by atoms with van der Waals surface area (Å²) in [6, 6.07) is 17.2. The third-order valence-corrected chi connectivity index (χ3v) is 7.61. The molecule has 0 spiro atoms. The second-order valence-corrected chi connectivity index (χ2v) is 10.3. The predicted octanol–water partition coefficient (Wildman–Crippen LogP) is 5.08. The Hall–Kier alpha value is -2.28. The van der Waals surface area contributed by atoms with Gasteiger partial charge in [0, 0.05) is 17.2 Å². The summed E-state index contributed by atoms with van der Waals surface area (Å²) < 4.78 is 30.0. The fraction of sp³-hybridized carbons (Fsp3) is 0.227. The quantitative estimate of drug-likeness (QED) is 0.528. The molecule has 3 aromatic rings. The van der Waals surface area contributed by atoms with Crippen LogP contribution in [0.3, 0.4) is 0 Å². The molecule has 0 radical (unpaired) electrons. The summed E-state index contributed by atoms with van der Waals surface area (Å²) in [5.41, 5.74) is 1.28. The van der Waals surface area contributed by atoms with Gasteiger partial charge in [-0.1, -0.05) is 41.4 Å². The number of carbonyl (C=O) groups excluding carboxylic acids is 1. The number of sulfone groups is 1. The molecule has 1 aromatic heterocycles. The Morgan fingerprint density at radius 3 is 2.47 bits per heavy atom. The molecule has 2 aromatic carbocycles. The maximum atomic E-state index is 13.2. The molecule has 0 aliphatic carbocycles. The smallest absolute Gasteiger partial charge is 0.254 e. The van der Waals surface area contributed by atoms with Crippen molar-refractivity contribution in [2.24, 2.45) is 0 Å². The Morgan fingerprint density at radius 2 is 1.80 bits per heavy atom. The van der Waals surface area contributed by atoms with Crippen LogP contribution in [0.5, 0.6) is 0 Å². The highest BCUT2D eigenvalue weighted by molar-refractivity contribution is 7.91. The van der Waals surface area contributed by atoms with Gasteiger partial charge >= 0.3 is 0 Å². The Labute approximate surface area is 185 Å². The van der Waals surface area contributed by atoms with Crippen LogP contribution < -0.4 is 0 Å². The SMILES string of the molecule is O=C(c1ccccc1)N(Cc1ccc(-c2ccc(Cl)c(Cl)c2)o1)[C@@H]1CCS(=O)(=O)C1. The molecule has 0 unspecified atom stereocenters. The van der Waals surface area contributed by atoms with Gasteiger partial charge in [0.25, 0.3) is 5.91 Å². The van der Waals surface area contributed by atoms with E-state index in [0.29, 0.717) is 33.6 Å². The van der Waals surface area contributed by atoms with Gasteiger partial charge in [0.15, 0.2) is 9.84 Å². The lowest BCUT2D eigenvalue weighted by Gasteiger charge is -2.27. The summed E-state index contributed by atoms with van der Waals surface area (Å²) in [6.07, 6.45) is 0.418. The van der Waals surface area contributed by atoms with Gasteiger partial charge in [0.05, 0.1) is 28.1 Å². The van der Waals surface area contributed by atoms with Gasteiger partial charge in [-0.15, -0.1) is 0 Å². The van der Waals surface area contributed by atoms with Crippen LogP contribution in [0.1, 0.15) is 22.5 Å². The largest absolute Gasteiger partial charge is 0.459 e. The van der Waals surface area contributed by atoms with Crippen LogP contribution in [-0.2, 0) is 16.4 Å². The zero-order chi connectivity index (χ0) is 21.3. The molecule has 156 valence electrons. The molecule has 5 nitrogen and oxygen atoms in total. The van der Waals surface area contributed by atoms with E-state index in [1.807, 2.05) is 6.07 Å². The molecule has 30 heavy (non-hydrogen) atoms. The molecule has 4 rings (SSSR count). The molecule has 0 N–H and O–H groups in total. The molecule has 1 amide bonds. The molecule has 1 aliphatic heterocycles. The highest BCUT2D eigenvalue weighted by Gasteiger charge is 2.35. The lowest BCUT2D eigenvalue weighted by molar-refractivity contribution is 0.0666. The molecule has 1 aliphatic rings. The molecule has 1 atom stereocenters. The minimum atomic E-state index is -3.15. The van der Waals surface area contributed by atoms with E-state index in [9.17, 15) is 13.2 Å². The van der Waals surface area contributed by atoms with Crippen molar-refractivity contribution >= 4 is 38.9 Å². The van der Waals surface area contributed by atoms with Crippen molar-refractivity contribution in [3.63, 3.8) is 0 Å². The average Bonchev–Trinajstić information content (AvgIpc) is 3.34. The fourth-order valence-electron chi connectivity index (χ4n) is 3.57. The van der Waals surface area contributed by atoms with Crippen LogP contribution in [-0.4, -0.2) is 36.8 Å². The molecule has 2 heterocycles. The van der Waals surface area contributed by atoms with Crippen LogP contribution in [0.25, 0.3) is 11.3 Å². The van der Waals surface area contributed by atoms with Gasteiger partial charge in [-0.25, -0.2) is 8.42 Å². The van der Waals surface area contributed by atoms with Crippen LogP contribution in [0.4, 0.5) is 0 Å². The maximum Gasteiger partial charge on any atom is 0.254 e. The van der Waals surface area contributed by atoms with E-state index >= 15 is 0 Å². The van der Waals surface area contributed by atoms with Gasteiger partial charge in [-0.05, 0) is 48.9 Å². The maximum absolute atomic E-state index is 13.2. The summed E-state index contributed by atoms with van der Waals surface area (Å²) >= 11 is 12.1. The fourth-order valence-corrected chi connectivity index (χ4v) is 5.60.